The number of aliphatic hydroxyl groups excluding tert-OH is 2. The van der Waals surface area contributed by atoms with Crippen LogP contribution in [0, 0.1) is 36.4 Å². The summed E-state index contributed by atoms with van der Waals surface area (Å²) in [5.74, 6) is 0.687. The Kier molecular flexibility index (Phi) is 43.1. The van der Waals surface area contributed by atoms with Gasteiger partial charge in [-0.05, 0) is 114 Å². The number of benzene rings is 8. The van der Waals surface area contributed by atoms with Gasteiger partial charge in [-0.3, -0.25) is 14.6 Å². The largest absolute Gasteiger partial charge is 0.512 e. The minimum absolute atomic E-state index is 0. The third-order valence-electron chi connectivity index (χ3n) is 13.5. The Morgan fingerprint density at radius 2 is 0.914 bits per heavy atom. The maximum atomic E-state index is 10.0. The number of ketones is 2. The molecule has 0 amide bonds. The van der Waals surface area contributed by atoms with Gasteiger partial charge in [0.2, 0.25) is 0 Å². The van der Waals surface area contributed by atoms with E-state index in [2.05, 4.69) is 143 Å². The summed E-state index contributed by atoms with van der Waals surface area (Å²) in [4.78, 5) is 46.6. The molecule has 8 aromatic carbocycles. The first kappa shape index (κ1) is 90.0. The predicted octanol–water partition coefficient (Wildman–Crippen LogP) is 20.3. The molecule has 0 aliphatic carbocycles. The maximum absolute atomic E-state index is 10.0. The van der Waals surface area contributed by atoms with Crippen molar-refractivity contribution in [1.82, 2.24) is 40.1 Å². The average molecular weight is 2310 g/mol. The number of rotatable bonds is 9. The standard InChI is InChI=1S/C19H12N.C15H10N.C12H10NO.C11H8N.C10H6ClN2.C8H5N2S.2C5H8O2.5Ir/c1-2-7-16-13-17(10-9-14(16)5-1)19-18-8-4-3-6-15(18)11-12-20-19;1-2-6-12(7-3-1)15-10-13-8-4-5-9-14(13)11-16-15;1-14-11-7-8-13-12(9-11)10-5-3-2-4-6-10;1-2-6-10(7-3-1)11-8-4-5-9-12-11;11-10-7-6-9(12-13-10)8-4-2-1-3-5-8;1-2-8(11-5-1)7-6-9-3-4-10-7;2*1-4(6)3-5(2)7;;;;;/h1-9,11-13H;1-6,8-11H;2-5,7-9H,1H3;1-6,8-9H;1-4,6-7H;1,3-6H;2*3,6H,1-2H3;;;;;/q6*-1;;;;;;;. The Bertz CT molecular complexity index is 4940. The molecular weight excluding hydrogens is 2240 g/mol. The molecule has 0 aliphatic rings. The van der Waals surface area contributed by atoms with Crippen LogP contribution in [0.5, 0.6) is 5.75 Å². The molecule has 105 heavy (non-hydrogen) atoms. The van der Waals surface area contributed by atoms with Crippen molar-refractivity contribution in [2.24, 2.45) is 0 Å². The van der Waals surface area contributed by atoms with Crippen molar-refractivity contribution in [3.63, 3.8) is 0 Å². The first-order valence-corrected chi connectivity index (χ1v) is 32.4. The molecule has 0 aliphatic heterocycles. The number of ether oxygens (including phenoxy) is 1. The van der Waals surface area contributed by atoms with E-state index in [1.54, 1.807) is 55.5 Å². The molecule has 2 N–H and O–H groups in total. The van der Waals surface area contributed by atoms with Gasteiger partial charge in [0, 0.05) is 156 Å². The van der Waals surface area contributed by atoms with E-state index in [0.717, 1.165) is 72.6 Å². The van der Waals surface area contributed by atoms with Crippen LogP contribution in [0.3, 0.4) is 0 Å². The third-order valence-corrected chi connectivity index (χ3v) is 14.6. The fraction of sp³-hybridized carbons (Fsp3) is 0.0588. The van der Waals surface area contributed by atoms with E-state index in [4.69, 9.17) is 26.6 Å². The zero-order chi connectivity index (χ0) is 70.5. The molecule has 15 aromatic rings. The van der Waals surface area contributed by atoms with E-state index >= 15 is 0 Å². The number of aromatic nitrogens is 8. The first-order valence-electron chi connectivity index (χ1n) is 31.2. The van der Waals surface area contributed by atoms with Crippen LogP contribution in [-0.2, 0) is 110 Å². The molecule has 7 heterocycles. The third kappa shape index (κ3) is 31.5. The topological polar surface area (TPSA) is 187 Å². The normalized spacial score (nSPS) is 9.89. The van der Waals surface area contributed by atoms with Crippen LogP contribution in [0.1, 0.15) is 27.7 Å². The second-order valence-electron chi connectivity index (χ2n) is 21.2. The van der Waals surface area contributed by atoms with Crippen molar-refractivity contribution in [3.8, 4) is 72.6 Å². The Labute approximate surface area is 689 Å². The summed E-state index contributed by atoms with van der Waals surface area (Å²) >= 11 is 7.23. The van der Waals surface area contributed by atoms with E-state index < -0.39 is 0 Å². The number of aliphatic hydroxyl groups is 2. The summed E-state index contributed by atoms with van der Waals surface area (Å²) in [5.41, 5.74) is 10.5. The number of hydrogen-bond donors (Lipinski definition) is 2. The summed E-state index contributed by atoms with van der Waals surface area (Å²) in [6.07, 6.45) is 14.7. The van der Waals surface area contributed by atoms with Crippen LogP contribution in [0.2, 0.25) is 5.15 Å². The number of hydrogen-bond acceptors (Lipinski definition) is 14. The number of allylic oxidation sites excluding steroid dienone is 4. The maximum Gasteiger partial charge on any atom is 0.155 e. The van der Waals surface area contributed by atoms with Crippen LogP contribution >= 0.6 is 22.9 Å². The molecule has 0 saturated heterocycles. The Morgan fingerprint density at radius 3 is 1.41 bits per heavy atom. The minimum Gasteiger partial charge on any atom is -0.512 e. The van der Waals surface area contributed by atoms with E-state index in [1.165, 1.54) is 72.2 Å². The van der Waals surface area contributed by atoms with Crippen molar-refractivity contribution >= 4 is 66.8 Å². The van der Waals surface area contributed by atoms with Crippen molar-refractivity contribution in [1.29, 1.82) is 0 Å². The number of pyridine rings is 4. The molecule has 0 spiro atoms. The molecule has 20 heteroatoms. The van der Waals surface area contributed by atoms with Crippen LogP contribution < -0.4 is 4.74 Å². The van der Waals surface area contributed by atoms with Gasteiger partial charge in [-0.2, -0.15) is 17.2 Å². The van der Waals surface area contributed by atoms with Gasteiger partial charge in [-0.25, -0.2) is 11.3 Å². The number of fused-ring (bicyclic) bond motifs is 3. The van der Waals surface area contributed by atoms with E-state index in [9.17, 15) is 9.59 Å². The molecule has 0 unspecified atom stereocenters. The van der Waals surface area contributed by atoms with Gasteiger partial charge in [-0.15, -0.1) is 183 Å². The first-order chi connectivity index (χ1) is 48.8. The Hall–Kier alpha value is -9.24. The number of nitrogens with zero attached hydrogens (tertiary/aromatic N) is 8. The zero-order valence-electron chi connectivity index (χ0n) is 57.0. The van der Waals surface area contributed by atoms with E-state index in [0.29, 0.717) is 5.15 Å². The van der Waals surface area contributed by atoms with Gasteiger partial charge in [0.05, 0.1) is 18.6 Å². The quantitative estimate of drug-likeness (QED) is 0.0790. The average Bonchev–Trinajstić information content (AvgIpc) is 1.03. The summed E-state index contributed by atoms with van der Waals surface area (Å²) in [5, 5.41) is 34.0. The Balaban J connectivity index is 0.000000316. The van der Waals surface area contributed by atoms with Crippen LogP contribution in [0.4, 0.5) is 0 Å². The number of thiophene rings is 1. The molecule has 13 nitrogen and oxygen atoms in total. The zero-order valence-corrected chi connectivity index (χ0v) is 70.6. The monoisotopic (exact) mass is 2310 g/mol. The summed E-state index contributed by atoms with van der Waals surface area (Å²) in [7, 11) is 1.65. The smallest absolute Gasteiger partial charge is 0.155 e. The van der Waals surface area contributed by atoms with Gasteiger partial charge in [-0.1, -0.05) is 119 Å². The summed E-state index contributed by atoms with van der Waals surface area (Å²) in [6, 6.07) is 98.2. The molecule has 541 valence electrons. The number of halogens is 1. The van der Waals surface area contributed by atoms with E-state index in [-0.39, 0.29) is 124 Å². The van der Waals surface area contributed by atoms with Gasteiger partial charge in [0.15, 0.2) is 11.6 Å². The fourth-order valence-corrected chi connectivity index (χ4v) is 9.83. The molecule has 5 radical (unpaired) electrons. The number of carbonyl (C=O) groups excluding carboxylic acids is 2. The molecule has 7 aromatic heterocycles. The molecule has 0 fully saturated rings. The Morgan fingerprint density at radius 1 is 0.410 bits per heavy atom. The second-order valence-corrected chi connectivity index (χ2v) is 22.5. The molecule has 15 rings (SSSR count). The second kappa shape index (κ2) is 50.2. The SMILES string of the molecule is CC(=O)C=C(C)O.CC(=O)C=C(C)O.COc1ccnc(-c2[c-]cccc2)c1.Clc1ccc(-c2[c-]cccc2)nn1.[Ir].[Ir].[Ir].[Ir].[Ir].[c-]1cc2ccccc2cc1-c1nccc2ccccc12.[c-]1ccccc1-c1cc2ccccc2cn1.[c-]1ccccc1-c1ccccn1.[c-]1ccsc1-c1cnccn1. The van der Waals surface area contributed by atoms with Crippen molar-refractivity contribution in [3.05, 3.63) is 357 Å². The van der Waals surface area contributed by atoms with Gasteiger partial charge in [0.1, 0.15) is 10.9 Å². The van der Waals surface area contributed by atoms with Crippen molar-refractivity contribution in [2.75, 3.05) is 7.11 Å². The fourth-order valence-electron chi connectivity index (χ4n) is 9.09. The number of carbonyl (C=O) groups is 2. The van der Waals surface area contributed by atoms with Crippen LogP contribution in [-0.4, -0.2) is 69.0 Å². The van der Waals surface area contributed by atoms with Gasteiger partial charge >= 0.3 is 0 Å². The summed E-state index contributed by atoms with van der Waals surface area (Å²) in [6.45, 7) is 5.70. The number of methoxy groups -OCH3 is 1. The minimum atomic E-state index is -0.125. The van der Waals surface area contributed by atoms with Crippen molar-refractivity contribution in [2.45, 2.75) is 27.7 Å². The molecule has 0 atom stereocenters. The molecular formula is C85H67ClIr5N8O5S-6. The molecule has 0 saturated carbocycles. The predicted molar refractivity (Wildman–Crippen MR) is 403 cm³/mol. The van der Waals surface area contributed by atoms with Crippen LogP contribution in [0.25, 0.3) is 99.2 Å². The summed E-state index contributed by atoms with van der Waals surface area (Å²) < 4.78 is 5.12. The van der Waals surface area contributed by atoms with Crippen LogP contribution in [0.15, 0.2) is 315 Å². The van der Waals surface area contributed by atoms with Crippen molar-refractivity contribution < 1.29 is 125 Å². The molecule has 0 bridgehead atoms. The van der Waals surface area contributed by atoms with Gasteiger partial charge < -0.3 is 39.9 Å². The van der Waals surface area contributed by atoms with Gasteiger partial charge in [0.25, 0.3) is 0 Å². The van der Waals surface area contributed by atoms with E-state index in [1.807, 2.05) is 188 Å².